The number of rotatable bonds is 6. The molecule has 4 aromatic rings. The summed E-state index contributed by atoms with van der Waals surface area (Å²) in [6.45, 7) is 0. The first-order valence-electron chi connectivity index (χ1n) is 12.2. The van der Waals surface area contributed by atoms with E-state index in [1.54, 1.807) is 24.3 Å². The molecule has 180 valence electrons. The van der Waals surface area contributed by atoms with Gasteiger partial charge in [-0.1, -0.05) is 84.9 Å². The summed E-state index contributed by atoms with van der Waals surface area (Å²) in [7, 11) is 0. The van der Waals surface area contributed by atoms with Crippen LogP contribution in [0, 0.1) is 0 Å². The monoisotopic (exact) mass is 476 g/mol. The lowest BCUT2D eigenvalue weighted by Gasteiger charge is -2.43. The molecule has 2 N–H and O–H groups in total. The summed E-state index contributed by atoms with van der Waals surface area (Å²) < 4.78 is 0. The van der Waals surface area contributed by atoms with Crippen molar-refractivity contribution in [2.75, 3.05) is 0 Å². The highest BCUT2D eigenvalue weighted by Gasteiger charge is 2.44. The van der Waals surface area contributed by atoms with E-state index < -0.39 is 11.2 Å². The van der Waals surface area contributed by atoms with Gasteiger partial charge in [0.1, 0.15) is 12.6 Å². The summed E-state index contributed by atoms with van der Waals surface area (Å²) in [5.74, 6) is 0. The number of carbonyl (C=O) groups excluding carboxylic acids is 2. The second kappa shape index (κ2) is 9.65. The van der Waals surface area contributed by atoms with E-state index in [0.717, 1.165) is 34.8 Å². The maximum atomic E-state index is 11.9. The largest absolute Gasteiger partial charge is 0.385 e. The Morgan fingerprint density at radius 1 is 0.528 bits per heavy atom. The fourth-order valence-corrected chi connectivity index (χ4v) is 5.40. The molecule has 0 amide bonds. The maximum Gasteiger partial charge on any atom is 0.150 e. The SMILES string of the molecule is O=Cc1ccc(-c2ccccc2)c(C2(O)CCC(O)(c3cc(C=O)ccc3-c3ccccc3)CC2)c1. The Morgan fingerprint density at radius 3 is 1.22 bits per heavy atom. The molecule has 5 rings (SSSR count). The Kier molecular flexibility index (Phi) is 6.40. The molecule has 0 unspecified atom stereocenters. The van der Waals surface area contributed by atoms with Gasteiger partial charge in [-0.2, -0.15) is 0 Å². The molecule has 0 heterocycles. The molecule has 1 aliphatic carbocycles. The van der Waals surface area contributed by atoms with Crippen LogP contribution >= 0.6 is 0 Å². The molecule has 0 radical (unpaired) electrons. The van der Waals surface area contributed by atoms with Crippen LogP contribution < -0.4 is 0 Å². The second-order valence-electron chi connectivity index (χ2n) is 9.64. The molecule has 0 saturated heterocycles. The molecular weight excluding hydrogens is 448 g/mol. The van der Waals surface area contributed by atoms with E-state index in [1.807, 2.05) is 72.8 Å². The smallest absolute Gasteiger partial charge is 0.150 e. The molecule has 36 heavy (non-hydrogen) atoms. The molecule has 4 heteroatoms. The van der Waals surface area contributed by atoms with E-state index in [2.05, 4.69) is 0 Å². The van der Waals surface area contributed by atoms with Crippen LogP contribution in [0.25, 0.3) is 22.3 Å². The van der Waals surface area contributed by atoms with Crippen molar-refractivity contribution in [3.63, 3.8) is 0 Å². The number of hydrogen-bond acceptors (Lipinski definition) is 4. The van der Waals surface area contributed by atoms with E-state index >= 15 is 0 Å². The highest BCUT2D eigenvalue weighted by atomic mass is 16.3. The molecule has 4 aromatic carbocycles. The summed E-state index contributed by atoms with van der Waals surface area (Å²) in [5, 5.41) is 23.8. The van der Waals surface area contributed by atoms with Crippen LogP contribution in [0.1, 0.15) is 57.5 Å². The molecule has 0 bridgehead atoms. The normalized spacial score (nSPS) is 21.6. The highest BCUT2D eigenvalue weighted by molar-refractivity contribution is 5.80. The molecule has 0 aliphatic heterocycles. The zero-order valence-corrected chi connectivity index (χ0v) is 19.9. The topological polar surface area (TPSA) is 74.6 Å². The third-order valence-electron chi connectivity index (χ3n) is 7.44. The lowest BCUT2D eigenvalue weighted by Crippen LogP contribution is -2.40. The molecular formula is C32H28O4. The minimum absolute atomic E-state index is 0.311. The van der Waals surface area contributed by atoms with Crippen molar-refractivity contribution in [1.29, 1.82) is 0 Å². The second-order valence-corrected chi connectivity index (χ2v) is 9.64. The van der Waals surface area contributed by atoms with Gasteiger partial charge in [0.25, 0.3) is 0 Å². The Morgan fingerprint density at radius 2 is 0.889 bits per heavy atom. The number of benzene rings is 4. The van der Waals surface area contributed by atoms with Crippen LogP contribution in [0.2, 0.25) is 0 Å². The minimum Gasteiger partial charge on any atom is -0.385 e. The fraction of sp³-hybridized carbons (Fsp3) is 0.188. The average Bonchev–Trinajstić information content (AvgIpc) is 2.95. The third kappa shape index (κ3) is 4.41. The number of aldehydes is 2. The van der Waals surface area contributed by atoms with Gasteiger partial charge in [-0.3, -0.25) is 9.59 Å². The van der Waals surface area contributed by atoms with Gasteiger partial charge in [0.15, 0.2) is 0 Å². The predicted octanol–water partition coefficient (Wildman–Crippen LogP) is 6.30. The van der Waals surface area contributed by atoms with E-state index in [9.17, 15) is 19.8 Å². The van der Waals surface area contributed by atoms with Gasteiger partial charge in [0.05, 0.1) is 11.2 Å². The first-order chi connectivity index (χ1) is 17.5. The van der Waals surface area contributed by atoms with E-state index in [4.69, 9.17) is 0 Å². The summed E-state index contributed by atoms with van der Waals surface area (Å²) >= 11 is 0. The fourth-order valence-electron chi connectivity index (χ4n) is 5.40. The van der Waals surface area contributed by atoms with Crippen molar-refractivity contribution in [2.24, 2.45) is 0 Å². The molecule has 0 spiro atoms. The average molecular weight is 477 g/mol. The summed E-state index contributed by atoms with van der Waals surface area (Å²) in [5.41, 5.74) is 3.68. The van der Waals surface area contributed by atoms with Crippen molar-refractivity contribution >= 4 is 12.6 Å². The lowest BCUT2D eigenvalue weighted by atomic mass is 9.68. The van der Waals surface area contributed by atoms with Gasteiger partial charge in [-0.15, -0.1) is 0 Å². The minimum atomic E-state index is -1.20. The van der Waals surface area contributed by atoms with Crippen LogP contribution in [0.4, 0.5) is 0 Å². The summed E-state index contributed by atoms with van der Waals surface area (Å²) in [6.07, 6.45) is 2.82. The van der Waals surface area contributed by atoms with Gasteiger partial charge < -0.3 is 10.2 Å². The summed E-state index contributed by atoms with van der Waals surface area (Å²) in [4.78, 5) is 23.1. The van der Waals surface area contributed by atoms with Crippen LogP contribution in [0.5, 0.6) is 0 Å². The quantitative estimate of drug-likeness (QED) is 0.321. The molecule has 4 nitrogen and oxygen atoms in total. The highest BCUT2D eigenvalue weighted by Crippen LogP contribution is 2.49. The molecule has 0 aromatic heterocycles. The number of hydrogen-bond donors (Lipinski definition) is 2. The molecule has 1 aliphatic rings. The predicted molar refractivity (Wildman–Crippen MR) is 141 cm³/mol. The Hall–Kier alpha value is -3.86. The standard InChI is InChI=1S/C32H28O4/c33-21-23-11-13-27(25-7-3-1-4-8-25)29(19-23)31(35)15-17-32(36,18-16-31)30-20-24(22-34)12-14-28(30)26-9-5-2-6-10-26/h1-14,19-22,35-36H,15-18H2. The van der Waals surface area contributed by atoms with Gasteiger partial charge in [-0.05, 0) is 71.2 Å². The Bertz CT molecular complexity index is 1280. The van der Waals surface area contributed by atoms with Gasteiger partial charge in [0, 0.05) is 11.1 Å². The maximum absolute atomic E-state index is 11.9. The summed E-state index contributed by atoms with van der Waals surface area (Å²) in [6, 6.07) is 30.4. The van der Waals surface area contributed by atoms with Gasteiger partial charge in [0.2, 0.25) is 0 Å². The first-order valence-corrected chi connectivity index (χ1v) is 12.2. The van der Waals surface area contributed by atoms with Crippen LogP contribution in [-0.2, 0) is 11.2 Å². The zero-order chi connectivity index (χ0) is 25.2. The van der Waals surface area contributed by atoms with Crippen LogP contribution in [0.3, 0.4) is 0 Å². The van der Waals surface area contributed by atoms with Crippen molar-refractivity contribution in [2.45, 2.75) is 36.9 Å². The Balaban J connectivity index is 1.53. The zero-order valence-electron chi connectivity index (χ0n) is 19.9. The van der Waals surface area contributed by atoms with Crippen molar-refractivity contribution in [1.82, 2.24) is 0 Å². The van der Waals surface area contributed by atoms with Crippen LogP contribution in [0.15, 0.2) is 97.1 Å². The van der Waals surface area contributed by atoms with Gasteiger partial charge in [-0.25, -0.2) is 0 Å². The van der Waals surface area contributed by atoms with Crippen molar-refractivity contribution in [3.8, 4) is 22.3 Å². The lowest BCUT2D eigenvalue weighted by molar-refractivity contribution is -0.0878. The number of aliphatic hydroxyl groups is 2. The molecule has 1 saturated carbocycles. The number of carbonyl (C=O) groups is 2. The Labute approximate surface area is 210 Å². The van der Waals surface area contributed by atoms with Gasteiger partial charge >= 0.3 is 0 Å². The van der Waals surface area contributed by atoms with Crippen molar-refractivity contribution in [3.05, 3.63) is 119 Å². The molecule has 1 fully saturated rings. The molecule has 0 atom stereocenters. The first kappa shape index (κ1) is 23.9. The van der Waals surface area contributed by atoms with E-state index in [0.29, 0.717) is 47.9 Å². The van der Waals surface area contributed by atoms with Crippen molar-refractivity contribution < 1.29 is 19.8 Å². The van der Waals surface area contributed by atoms with Crippen LogP contribution in [-0.4, -0.2) is 22.8 Å². The third-order valence-corrected chi connectivity index (χ3v) is 7.44. The van der Waals surface area contributed by atoms with E-state index in [-0.39, 0.29) is 0 Å². The van der Waals surface area contributed by atoms with E-state index in [1.165, 1.54) is 0 Å².